The summed E-state index contributed by atoms with van der Waals surface area (Å²) in [5.74, 6) is 0.811. The maximum Gasteiger partial charge on any atom is 0.232 e. The first-order chi connectivity index (χ1) is 14.2. The van der Waals surface area contributed by atoms with E-state index in [2.05, 4.69) is 45.1 Å². The molecule has 2 saturated heterocycles. The lowest BCUT2D eigenvalue weighted by Gasteiger charge is -2.40. The van der Waals surface area contributed by atoms with Gasteiger partial charge in [-0.15, -0.1) is 11.8 Å². The Morgan fingerprint density at radius 3 is 2.69 bits per heavy atom. The van der Waals surface area contributed by atoms with Crippen molar-refractivity contribution in [2.75, 3.05) is 38.5 Å². The Hall–Kier alpha value is -1.85. The van der Waals surface area contributed by atoms with Crippen LogP contribution < -0.4 is 0 Å². The molecular formula is C24H31N3OS. The van der Waals surface area contributed by atoms with Gasteiger partial charge in [-0.25, -0.2) is 0 Å². The zero-order chi connectivity index (χ0) is 19.9. The highest BCUT2D eigenvalue weighted by molar-refractivity contribution is 8.00. The molecule has 0 unspecified atom stereocenters. The Labute approximate surface area is 178 Å². The van der Waals surface area contributed by atoms with Crippen molar-refractivity contribution in [1.82, 2.24) is 14.8 Å². The van der Waals surface area contributed by atoms with Crippen molar-refractivity contribution in [3.8, 4) is 0 Å². The SMILES string of the molecule is O=C(CSc1ccncc1)N1CC[C@]2(CCCN(CCCc3ccccc3)C2)C1. The van der Waals surface area contributed by atoms with Crippen LogP contribution in [0, 0.1) is 5.41 Å². The van der Waals surface area contributed by atoms with Crippen LogP contribution >= 0.6 is 11.8 Å². The summed E-state index contributed by atoms with van der Waals surface area (Å²) in [5.41, 5.74) is 1.76. The van der Waals surface area contributed by atoms with Crippen molar-refractivity contribution in [1.29, 1.82) is 0 Å². The summed E-state index contributed by atoms with van der Waals surface area (Å²) in [7, 11) is 0. The van der Waals surface area contributed by atoms with Gasteiger partial charge < -0.3 is 9.80 Å². The van der Waals surface area contributed by atoms with Gasteiger partial charge in [0.15, 0.2) is 0 Å². The summed E-state index contributed by atoms with van der Waals surface area (Å²) in [5, 5.41) is 0. The standard InChI is InChI=1S/C24H31N3OS/c28-23(18-29-22-9-13-25-14-10-22)27-17-12-24(20-27)11-5-16-26(19-24)15-4-8-21-6-2-1-3-7-21/h1-3,6-7,9-10,13-14H,4-5,8,11-12,15-20H2/t24-/m0/s1. The monoisotopic (exact) mass is 409 g/mol. The molecule has 0 radical (unpaired) electrons. The van der Waals surface area contributed by atoms with Crippen molar-refractivity contribution in [3.05, 3.63) is 60.4 Å². The molecule has 154 valence electrons. The van der Waals surface area contributed by atoms with Gasteiger partial charge in [-0.3, -0.25) is 9.78 Å². The van der Waals surface area contributed by atoms with Gasteiger partial charge in [0.25, 0.3) is 0 Å². The summed E-state index contributed by atoms with van der Waals surface area (Å²) >= 11 is 1.62. The van der Waals surface area contributed by atoms with Crippen LogP contribution in [0.25, 0.3) is 0 Å². The largest absolute Gasteiger partial charge is 0.341 e. The minimum absolute atomic E-state index is 0.282. The van der Waals surface area contributed by atoms with E-state index in [1.165, 1.54) is 37.9 Å². The smallest absolute Gasteiger partial charge is 0.232 e. The summed E-state index contributed by atoms with van der Waals surface area (Å²) in [4.78, 5) is 22.6. The highest BCUT2D eigenvalue weighted by Crippen LogP contribution is 2.39. The summed E-state index contributed by atoms with van der Waals surface area (Å²) in [6, 6.07) is 14.7. The van der Waals surface area contributed by atoms with Crippen LogP contribution in [0.4, 0.5) is 0 Å². The first-order valence-electron chi connectivity index (χ1n) is 10.8. The second-order valence-electron chi connectivity index (χ2n) is 8.51. The van der Waals surface area contributed by atoms with Crippen molar-refractivity contribution < 1.29 is 4.79 Å². The number of nitrogens with zero attached hydrogens (tertiary/aromatic N) is 3. The quantitative estimate of drug-likeness (QED) is 0.645. The molecule has 0 N–H and O–H groups in total. The molecule has 4 nitrogen and oxygen atoms in total. The number of hydrogen-bond donors (Lipinski definition) is 0. The van der Waals surface area contributed by atoms with Gasteiger partial charge in [0, 0.05) is 42.3 Å². The van der Waals surface area contributed by atoms with Crippen molar-refractivity contribution in [2.24, 2.45) is 5.41 Å². The summed E-state index contributed by atoms with van der Waals surface area (Å²) < 4.78 is 0. The Morgan fingerprint density at radius 1 is 1.03 bits per heavy atom. The molecule has 1 aromatic heterocycles. The fourth-order valence-corrected chi connectivity index (χ4v) is 5.59. The third-order valence-corrected chi connectivity index (χ3v) is 7.32. The molecule has 0 saturated carbocycles. The van der Waals surface area contributed by atoms with Gasteiger partial charge in [0.2, 0.25) is 5.91 Å². The molecule has 1 aromatic carbocycles. The van der Waals surface area contributed by atoms with E-state index in [0.717, 1.165) is 37.4 Å². The first kappa shape index (κ1) is 20.4. The Kier molecular flexibility index (Phi) is 6.88. The first-order valence-corrected chi connectivity index (χ1v) is 11.8. The lowest BCUT2D eigenvalue weighted by Crippen LogP contribution is -2.45. The number of aryl methyl sites for hydroxylation is 1. The summed E-state index contributed by atoms with van der Waals surface area (Å²) in [6.45, 7) is 5.40. The second-order valence-corrected chi connectivity index (χ2v) is 9.55. The zero-order valence-electron chi connectivity index (χ0n) is 17.1. The lowest BCUT2D eigenvalue weighted by atomic mass is 9.79. The number of likely N-dealkylation sites (tertiary alicyclic amines) is 2. The number of rotatable bonds is 7. The predicted octanol–water partition coefficient (Wildman–Crippen LogP) is 4.12. The van der Waals surface area contributed by atoms with Crippen LogP contribution in [0.2, 0.25) is 0 Å². The van der Waals surface area contributed by atoms with Crippen molar-refractivity contribution in [3.63, 3.8) is 0 Å². The van der Waals surface area contributed by atoms with Crippen molar-refractivity contribution >= 4 is 17.7 Å². The second kappa shape index (κ2) is 9.77. The maximum absolute atomic E-state index is 12.7. The number of pyridine rings is 1. The molecule has 2 aliphatic rings. The van der Waals surface area contributed by atoms with Gasteiger partial charge in [0.05, 0.1) is 5.75 Å². The van der Waals surface area contributed by atoms with Gasteiger partial charge >= 0.3 is 0 Å². The average Bonchev–Trinajstić information content (AvgIpc) is 3.17. The fourth-order valence-electron chi connectivity index (χ4n) is 4.80. The third kappa shape index (κ3) is 5.61. The predicted molar refractivity (Wildman–Crippen MR) is 119 cm³/mol. The van der Waals surface area contributed by atoms with Crippen LogP contribution in [-0.2, 0) is 11.2 Å². The molecule has 1 spiro atoms. The number of aromatic nitrogens is 1. The van der Waals surface area contributed by atoms with Crippen LogP contribution in [0.1, 0.15) is 31.2 Å². The zero-order valence-corrected chi connectivity index (χ0v) is 17.9. The topological polar surface area (TPSA) is 36.4 Å². The van der Waals surface area contributed by atoms with Gasteiger partial charge in [-0.2, -0.15) is 0 Å². The van der Waals surface area contributed by atoms with E-state index >= 15 is 0 Å². The number of piperidine rings is 1. The molecular weight excluding hydrogens is 378 g/mol. The molecule has 0 aliphatic carbocycles. The molecule has 1 atom stereocenters. The van der Waals surface area contributed by atoms with E-state index < -0.39 is 0 Å². The third-order valence-electron chi connectivity index (χ3n) is 6.33. The van der Waals surface area contributed by atoms with Crippen LogP contribution in [0.15, 0.2) is 59.8 Å². The van der Waals surface area contributed by atoms with E-state index in [9.17, 15) is 4.79 Å². The van der Waals surface area contributed by atoms with Crippen LogP contribution in [-0.4, -0.2) is 59.2 Å². The number of carbonyl (C=O) groups is 1. The molecule has 2 fully saturated rings. The Morgan fingerprint density at radius 2 is 1.86 bits per heavy atom. The van der Waals surface area contributed by atoms with E-state index in [1.807, 2.05) is 12.1 Å². The Balaban J connectivity index is 1.23. The number of benzene rings is 1. The van der Waals surface area contributed by atoms with E-state index in [1.54, 1.807) is 24.2 Å². The van der Waals surface area contributed by atoms with Crippen LogP contribution in [0.3, 0.4) is 0 Å². The maximum atomic E-state index is 12.7. The number of hydrogen-bond acceptors (Lipinski definition) is 4. The number of carbonyl (C=O) groups excluding carboxylic acids is 1. The molecule has 4 rings (SSSR count). The highest BCUT2D eigenvalue weighted by Gasteiger charge is 2.42. The molecule has 2 aromatic rings. The van der Waals surface area contributed by atoms with Gasteiger partial charge in [0.1, 0.15) is 0 Å². The van der Waals surface area contributed by atoms with Crippen molar-refractivity contribution in [2.45, 2.75) is 37.0 Å². The van der Waals surface area contributed by atoms with E-state index in [4.69, 9.17) is 0 Å². The van der Waals surface area contributed by atoms with E-state index in [0.29, 0.717) is 11.2 Å². The van der Waals surface area contributed by atoms with E-state index in [-0.39, 0.29) is 5.91 Å². The molecule has 0 bridgehead atoms. The molecule has 1 amide bonds. The van der Waals surface area contributed by atoms with Gasteiger partial charge in [-0.05, 0) is 62.9 Å². The molecule has 29 heavy (non-hydrogen) atoms. The lowest BCUT2D eigenvalue weighted by molar-refractivity contribution is -0.127. The fraction of sp³-hybridized carbons (Fsp3) is 0.500. The minimum atomic E-state index is 0.282. The van der Waals surface area contributed by atoms with Crippen LogP contribution in [0.5, 0.6) is 0 Å². The highest BCUT2D eigenvalue weighted by atomic mass is 32.2. The van der Waals surface area contributed by atoms with Gasteiger partial charge in [-0.1, -0.05) is 30.3 Å². The molecule has 2 aliphatic heterocycles. The molecule has 3 heterocycles. The average molecular weight is 410 g/mol. The minimum Gasteiger partial charge on any atom is -0.341 e. The summed E-state index contributed by atoms with van der Waals surface area (Å²) in [6.07, 6.45) is 9.63. The molecule has 5 heteroatoms. The normalized spacial score (nSPS) is 22.3. The number of thioether (sulfide) groups is 1. The number of amides is 1. The Bertz CT molecular complexity index is 785.